The molecule has 2 aromatic rings. The van der Waals surface area contributed by atoms with E-state index in [9.17, 15) is 14.5 Å². The first-order valence-corrected chi connectivity index (χ1v) is 7.90. The van der Waals surface area contributed by atoms with Gasteiger partial charge in [0.15, 0.2) is 17.5 Å². The second kappa shape index (κ2) is 7.72. The van der Waals surface area contributed by atoms with Crippen LogP contribution >= 0.6 is 0 Å². The molecule has 1 unspecified atom stereocenters. The molecule has 1 aliphatic rings. The molecule has 11 heteroatoms. The molecule has 0 amide bonds. The molecule has 3 rings (SSSR count). The van der Waals surface area contributed by atoms with Crippen molar-refractivity contribution in [1.29, 1.82) is 0 Å². The number of nitro groups is 1. The van der Waals surface area contributed by atoms with Crippen LogP contribution in [0.3, 0.4) is 0 Å². The van der Waals surface area contributed by atoms with Crippen LogP contribution < -0.4 is 10.2 Å². The summed E-state index contributed by atoms with van der Waals surface area (Å²) in [5.74, 6) is -0.308. The standard InChI is InChI=1S/C16H15FN6O4/c1-9-5-15(27-14-4-3-11(23(24)25)6-13(14)17)18-8-20-19-7-12(9)16-22-21-10(2)26-16/h3-4,6-9,19H,5H2,1-2H3/b12-7+,18-15+,20-8-. The molecule has 0 fully saturated rings. The topological polar surface area (TPSA) is 128 Å². The number of rotatable bonds is 3. The Balaban J connectivity index is 1.82. The van der Waals surface area contributed by atoms with Gasteiger partial charge in [-0.05, 0) is 12.0 Å². The van der Waals surface area contributed by atoms with Crippen LogP contribution in [0.2, 0.25) is 0 Å². The molecule has 0 saturated carbocycles. The van der Waals surface area contributed by atoms with Gasteiger partial charge in [0.05, 0.1) is 11.0 Å². The number of nitrogens with one attached hydrogen (secondary N) is 1. The van der Waals surface area contributed by atoms with Crippen LogP contribution in [0.25, 0.3) is 5.57 Å². The average Bonchev–Trinajstić information content (AvgIpc) is 3.07. The molecule has 1 aliphatic heterocycles. The summed E-state index contributed by atoms with van der Waals surface area (Å²) in [5, 5.41) is 22.4. The van der Waals surface area contributed by atoms with Crippen molar-refractivity contribution in [2.45, 2.75) is 20.3 Å². The largest absolute Gasteiger partial charge is 0.440 e. The van der Waals surface area contributed by atoms with E-state index in [2.05, 4.69) is 25.7 Å². The predicted octanol–water partition coefficient (Wildman–Crippen LogP) is 2.82. The van der Waals surface area contributed by atoms with E-state index in [0.717, 1.165) is 12.1 Å². The van der Waals surface area contributed by atoms with Gasteiger partial charge in [-0.3, -0.25) is 15.5 Å². The molecule has 0 saturated heterocycles. The van der Waals surface area contributed by atoms with Gasteiger partial charge in [-0.15, -0.1) is 10.2 Å². The lowest BCUT2D eigenvalue weighted by Gasteiger charge is -2.14. The summed E-state index contributed by atoms with van der Waals surface area (Å²) >= 11 is 0. The van der Waals surface area contributed by atoms with Crippen molar-refractivity contribution in [3.05, 3.63) is 52.1 Å². The number of aryl methyl sites for hydroxylation is 1. The van der Waals surface area contributed by atoms with Crippen molar-refractivity contribution in [3.63, 3.8) is 0 Å². The summed E-state index contributed by atoms with van der Waals surface area (Å²) in [4.78, 5) is 14.1. The lowest BCUT2D eigenvalue weighted by Crippen LogP contribution is -2.15. The zero-order valence-corrected chi connectivity index (χ0v) is 14.4. The van der Waals surface area contributed by atoms with Gasteiger partial charge >= 0.3 is 0 Å². The zero-order chi connectivity index (χ0) is 19.4. The first-order chi connectivity index (χ1) is 12.9. The smallest absolute Gasteiger partial charge is 0.272 e. The molecule has 0 spiro atoms. The van der Waals surface area contributed by atoms with Crippen molar-refractivity contribution in [2.24, 2.45) is 16.0 Å². The third-order valence-electron chi connectivity index (χ3n) is 3.69. The van der Waals surface area contributed by atoms with Crippen molar-refractivity contribution in [2.75, 3.05) is 0 Å². The van der Waals surface area contributed by atoms with Gasteiger partial charge in [0.2, 0.25) is 11.8 Å². The Labute approximate surface area is 152 Å². The Morgan fingerprint density at radius 1 is 1.41 bits per heavy atom. The highest BCUT2D eigenvalue weighted by atomic mass is 19.1. The minimum absolute atomic E-state index is 0.171. The van der Waals surface area contributed by atoms with Crippen molar-refractivity contribution in [3.8, 4) is 5.75 Å². The summed E-state index contributed by atoms with van der Waals surface area (Å²) in [6.45, 7) is 3.55. The fourth-order valence-corrected chi connectivity index (χ4v) is 2.37. The van der Waals surface area contributed by atoms with Crippen molar-refractivity contribution < 1.29 is 18.5 Å². The highest BCUT2D eigenvalue weighted by Crippen LogP contribution is 2.27. The molecule has 2 heterocycles. The number of nitrogens with zero attached hydrogens (tertiary/aromatic N) is 5. The number of allylic oxidation sites excluding steroid dienone is 1. The molecule has 1 aromatic carbocycles. The number of hydrogen-bond acceptors (Lipinski definition) is 9. The number of benzene rings is 1. The number of halogens is 1. The lowest BCUT2D eigenvalue weighted by molar-refractivity contribution is -0.385. The van der Waals surface area contributed by atoms with E-state index in [0.29, 0.717) is 17.4 Å². The molecular formula is C16H15FN6O4. The number of aromatic nitrogens is 2. The molecule has 0 bridgehead atoms. The molecule has 27 heavy (non-hydrogen) atoms. The molecule has 1 aromatic heterocycles. The van der Waals surface area contributed by atoms with Crippen molar-refractivity contribution in [1.82, 2.24) is 15.6 Å². The number of aliphatic imine (C=N–C) groups is 1. The van der Waals surface area contributed by atoms with Crippen LogP contribution in [0.4, 0.5) is 10.1 Å². The Morgan fingerprint density at radius 3 is 2.89 bits per heavy atom. The maximum Gasteiger partial charge on any atom is 0.272 e. The van der Waals surface area contributed by atoms with Gasteiger partial charge in [-0.1, -0.05) is 6.92 Å². The Morgan fingerprint density at radius 2 is 2.22 bits per heavy atom. The fraction of sp³-hybridized carbons (Fsp3) is 0.250. The van der Waals surface area contributed by atoms with E-state index in [4.69, 9.17) is 9.15 Å². The van der Waals surface area contributed by atoms with Crippen LogP contribution in [0.5, 0.6) is 5.75 Å². The number of hydrogen-bond donors (Lipinski definition) is 1. The van der Waals surface area contributed by atoms with Crippen LogP contribution in [0.15, 0.2) is 38.9 Å². The Kier molecular flexibility index (Phi) is 5.20. The molecule has 140 valence electrons. The Hall–Kier alpha value is -3.63. The monoisotopic (exact) mass is 374 g/mol. The third-order valence-corrected chi connectivity index (χ3v) is 3.69. The minimum Gasteiger partial charge on any atom is -0.440 e. The average molecular weight is 374 g/mol. The molecule has 10 nitrogen and oxygen atoms in total. The van der Waals surface area contributed by atoms with E-state index >= 15 is 0 Å². The summed E-state index contributed by atoms with van der Waals surface area (Å²) < 4.78 is 25.1. The highest BCUT2D eigenvalue weighted by molar-refractivity contribution is 5.87. The van der Waals surface area contributed by atoms with E-state index in [1.54, 1.807) is 13.1 Å². The maximum atomic E-state index is 14.1. The fourth-order valence-electron chi connectivity index (χ4n) is 2.37. The Bertz CT molecular complexity index is 952. The van der Waals surface area contributed by atoms with Crippen LogP contribution in [0.1, 0.15) is 25.1 Å². The second-order valence-corrected chi connectivity index (χ2v) is 5.70. The molecule has 0 aliphatic carbocycles. The molecule has 1 N–H and O–H groups in total. The van der Waals surface area contributed by atoms with Crippen LogP contribution in [0, 0.1) is 28.8 Å². The van der Waals surface area contributed by atoms with Crippen LogP contribution in [-0.4, -0.2) is 27.4 Å². The highest BCUT2D eigenvalue weighted by Gasteiger charge is 2.22. The van der Waals surface area contributed by atoms with Crippen molar-refractivity contribution >= 4 is 23.5 Å². The second-order valence-electron chi connectivity index (χ2n) is 5.70. The first-order valence-electron chi connectivity index (χ1n) is 7.90. The van der Waals surface area contributed by atoms with E-state index in [1.165, 1.54) is 12.4 Å². The SMILES string of the molecule is Cc1nnc(/C2=C/N/N=C\N=C(\Oc3ccc([N+](=O)[O-])cc3F)CC2C)o1. The maximum absolute atomic E-state index is 14.1. The summed E-state index contributed by atoms with van der Waals surface area (Å²) in [5.41, 5.74) is 3.01. The zero-order valence-electron chi connectivity index (χ0n) is 14.4. The number of non-ortho nitro benzene ring substituents is 1. The van der Waals surface area contributed by atoms with Gasteiger partial charge in [-0.2, -0.15) is 5.10 Å². The quantitative estimate of drug-likeness (QED) is 0.646. The third kappa shape index (κ3) is 4.32. The molecule has 0 radical (unpaired) electrons. The van der Waals surface area contributed by atoms with E-state index < -0.39 is 10.7 Å². The molecular weight excluding hydrogens is 359 g/mol. The number of ether oxygens (including phenoxy) is 1. The van der Waals surface area contributed by atoms with E-state index in [-0.39, 0.29) is 29.7 Å². The van der Waals surface area contributed by atoms with Crippen LogP contribution in [-0.2, 0) is 0 Å². The van der Waals surface area contributed by atoms with Gasteiger partial charge < -0.3 is 9.15 Å². The number of nitro benzene ring substituents is 1. The van der Waals surface area contributed by atoms with E-state index in [1.807, 2.05) is 6.92 Å². The predicted molar refractivity (Wildman–Crippen MR) is 93.5 cm³/mol. The van der Waals surface area contributed by atoms with Gasteiger partial charge in [0, 0.05) is 31.2 Å². The van der Waals surface area contributed by atoms with Gasteiger partial charge in [0.25, 0.3) is 5.69 Å². The number of hydrazone groups is 1. The first kappa shape index (κ1) is 18.2. The molecule has 1 atom stereocenters. The summed E-state index contributed by atoms with van der Waals surface area (Å²) in [6, 6.07) is 3.12. The summed E-state index contributed by atoms with van der Waals surface area (Å²) in [6.07, 6.45) is 3.10. The lowest BCUT2D eigenvalue weighted by atomic mass is 9.98. The summed E-state index contributed by atoms with van der Waals surface area (Å²) in [7, 11) is 0. The van der Waals surface area contributed by atoms with Gasteiger partial charge in [0.1, 0.15) is 6.34 Å². The van der Waals surface area contributed by atoms with Gasteiger partial charge in [-0.25, -0.2) is 9.38 Å². The normalized spacial score (nSPS) is 22.1. The minimum atomic E-state index is -0.863.